The van der Waals surface area contributed by atoms with Crippen LogP contribution in [0.3, 0.4) is 0 Å². The lowest BCUT2D eigenvalue weighted by Gasteiger charge is -2.24. The van der Waals surface area contributed by atoms with Crippen molar-refractivity contribution in [2.45, 2.75) is 50.4 Å². The van der Waals surface area contributed by atoms with Crippen molar-refractivity contribution in [3.05, 3.63) is 54.1 Å². The molecule has 0 fully saturated rings. The van der Waals surface area contributed by atoms with Crippen molar-refractivity contribution >= 4 is 29.7 Å². The fourth-order valence-corrected chi connectivity index (χ4v) is 3.11. The van der Waals surface area contributed by atoms with Crippen LogP contribution in [0.1, 0.15) is 24.6 Å². The van der Waals surface area contributed by atoms with Crippen LogP contribution in [-0.2, 0) is 36.8 Å². The molecule has 4 atom stereocenters. The molecule has 1 aromatic carbocycles. The zero-order valence-electron chi connectivity index (χ0n) is 18.9. The number of hydrogen-bond acceptors (Lipinski definition) is 7. The summed E-state index contributed by atoms with van der Waals surface area (Å²) in [5.41, 5.74) is 6.61. The van der Waals surface area contributed by atoms with Crippen molar-refractivity contribution in [3.63, 3.8) is 0 Å². The minimum Gasteiger partial charge on any atom is -0.481 e. The Kier molecular flexibility index (Phi) is 9.90. The summed E-state index contributed by atoms with van der Waals surface area (Å²) in [6, 6.07) is 3.55. The molecule has 13 nitrogen and oxygen atoms in total. The lowest BCUT2D eigenvalue weighted by Crippen LogP contribution is -2.58. The van der Waals surface area contributed by atoms with Crippen molar-refractivity contribution in [1.29, 1.82) is 0 Å². The van der Waals surface area contributed by atoms with E-state index in [0.717, 1.165) is 0 Å². The number of carboxylic acid groups (broad SMARTS) is 2. The van der Waals surface area contributed by atoms with Crippen LogP contribution in [0.15, 0.2) is 42.9 Å². The highest BCUT2D eigenvalue weighted by Crippen LogP contribution is 2.06. The molecule has 3 amide bonds. The van der Waals surface area contributed by atoms with Crippen LogP contribution in [-0.4, -0.2) is 74.0 Å². The van der Waals surface area contributed by atoms with Gasteiger partial charge in [0.1, 0.15) is 18.1 Å². The summed E-state index contributed by atoms with van der Waals surface area (Å²) in [7, 11) is 0. The third kappa shape index (κ3) is 8.89. The number of carbonyl (C=O) groups is 5. The van der Waals surface area contributed by atoms with Gasteiger partial charge in [-0.3, -0.25) is 19.2 Å². The molecule has 1 heterocycles. The van der Waals surface area contributed by atoms with Gasteiger partial charge in [-0.05, 0) is 12.5 Å². The molecule has 0 saturated carbocycles. The molecule has 0 bridgehead atoms. The average molecular weight is 489 g/mol. The van der Waals surface area contributed by atoms with Crippen molar-refractivity contribution in [2.75, 3.05) is 0 Å². The summed E-state index contributed by atoms with van der Waals surface area (Å²) in [5.74, 6) is -5.16. The molecule has 2 aromatic rings. The molecule has 0 radical (unpaired) electrons. The SMILES string of the molecule is CC(N)C(=O)NC(CC(=O)O)C(=O)NC(Cc1cnc[nH]1)C(=O)NC(Cc1ccccc1)C(=O)O. The average Bonchev–Trinajstić information content (AvgIpc) is 3.31. The molecule has 0 saturated heterocycles. The smallest absolute Gasteiger partial charge is 0.326 e. The van der Waals surface area contributed by atoms with E-state index in [-0.39, 0.29) is 12.8 Å². The van der Waals surface area contributed by atoms with Gasteiger partial charge < -0.3 is 36.9 Å². The normalized spacial score (nSPS) is 14.1. The predicted octanol–water partition coefficient (Wildman–Crippen LogP) is -1.44. The van der Waals surface area contributed by atoms with E-state index < -0.39 is 60.2 Å². The van der Waals surface area contributed by atoms with Gasteiger partial charge in [0, 0.05) is 24.7 Å². The molecular weight excluding hydrogens is 460 g/mol. The number of nitrogens with two attached hydrogens (primary N) is 1. The zero-order chi connectivity index (χ0) is 26.0. The molecule has 0 aliphatic heterocycles. The van der Waals surface area contributed by atoms with Crippen LogP contribution >= 0.6 is 0 Å². The maximum absolute atomic E-state index is 13.0. The van der Waals surface area contributed by atoms with E-state index in [0.29, 0.717) is 11.3 Å². The maximum Gasteiger partial charge on any atom is 0.326 e. The molecule has 13 heteroatoms. The molecule has 188 valence electrons. The lowest BCUT2D eigenvalue weighted by atomic mass is 10.0. The van der Waals surface area contributed by atoms with Crippen LogP contribution in [0, 0.1) is 0 Å². The van der Waals surface area contributed by atoms with Gasteiger partial charge in [-0.1, -0.05) is 30.3 Å². The van der Waals surface area contributed by atoms with Gasteiger partial charge in [0.2, 0.25) is 17.7 Å². The van der Waals surface area contributed by atoms with Crippen LogP contribution in [0.5, 0.6) is 0 Å². The Balaban J connectivity index is 2.21. The molecule has 35 heavy (non-hydrogen) atoms. The summed E-state index contributed by atoms with van der Waals surface area (Å²) < 4.78 is 0. The maximum atomic E-state index is 13.0. The highest BCUT2D eigenvalue weighted by atomic mass is 16.4. The van der Waals surface area contributed by atoms with Gasteiger partial charge in [-0.2, -0.15) is 0 Å². The van der Waals surface area contributed by atoms with E-state index in [2.05, 4.69) is 25.9 Å². The Hall–Kier alpha value is -4.26. The van der Waals surface area contributed by atoms with E-state index in [1.54, 1.807) is 30.3 Å². The number of rotatable bonds is 13. The first-order chi connectivity index (χ1) is 16.6. The molecule has 0 aliphatic rings. The van der Waals surface area contributed by atoms with Gasteiger partial charge >= 0.3 is 11.9 Å². The molecule has 1 aromatic heterocycles. The number of H-pyrrole nitrogens is 1. The minimum atomic E-state index is -1.51. The van der Waals surface area contributed by atoms with Gasteiger partial charge in [0.15, 0.2) is 0 Å². The number of carbonyl (C=O) groups excluding carboxylic acids is 3. The van der Waals surface area contributed by atoms with E-state index in [1.165, 1.54) is 19.4 Å². The zero-order valence-corrected chi connectivity index (χ0v) is 18.9. The number of hydrogen-bond donors (Lipinski definition) is 7. The van der Waals surface area contributed by atoms with Gasteiger partial charge in [0.25, 0.3) is 0 Å². The molecule has 2 rings (SSSR count). The van der Waals surface area contributed by atoms with Gasteiger partial charge in [-0.25, -0.2) is 9.78 Å². The number of nitrogens with zero attached hydrogens (tertiary/aromatic N) is 1. The highest BCUT2D eigenvalue weighted by Gasteiger charge is 2.31. The Morgan fingerprint density at radius 2 is 1.51 bits per heavy atom. The standard InChI is InChI=1S/C22H28N6O7/c1-12(23)19(31)26-16(9-18(29)30)21(33)27-15(8-14-10-24-11-25-14)20(32)28-17(22(34)35)7-13-5-3-2-4-6-13/h2-6,10-12,15-17H,7-9,23H2,1H3,(H,24,25)(H,26,31)(H,27,33)(H,28,32)(H,29,30)(H,34,35). The van der Waals surface area contributed by atoms with Crippen molar-refractivity contribution in [2.24, 2.45) is 5.73 Å². The number of carboxylic acids is 2. The van der Waals surface area contributed by atoms with Crippen LogP contribution < -0.4 is 21.7 Å². The number of benzene rings is 1. The highest BCUT2D eigenvalue weighted by molar-refractivity contribution is 5.95. The minimum absolute atomic E-state index is 0.00127. The Morgan fingerprint density at radius 1 is 0.914 bits per heavy atom. The second kappa shape index (κ2) is 12.8. The first-order valence-electron chi connectivity index (χ1n) is 10.7. The Bertz CT molecular complexity index is 1030. The fraction of sp³-hybridized carbons (Fsp3) is 0.364. The number of aliphatic carboxylic acids is 2. The largest absolute Gasteiger partial charge is 0.481 e. The van der Waals surface area contributed by atoms with Gasteiger partial charge in [0.05, 0.1) is 18.8 Å². The second-order valence-corrected chi connectivity index (χ2v) is 7.88. The van der Waals surface area contributed by atoms with E-state index >= 15 is 0 Å². The quantitative estimate of drug-likeness (QED) is 0.175. The summed E-state index contributed by atoms with van der Waals surface area (Å²) in [6.07, 6.45) is 1.92. The van der Waals surface area contributed by atoms with Crippen molar-refractivity contribution in [3.8, 4) is 0 Å². The molecular formula is C22H28N6O7. The van der Waals surface area contributed by atoms with E-state index in [4.69, 9.17) is 10.8 Å². The van der Waals surface area contributed by atoms with Crippen LogP contribution in [0.25, 0.3) is 0 Å². The fourth-order valence-electron chi connectivity index (χ4n) is 3.11. The number of nitrogens with one attached hydrogen (secondary N) is 4. The Morgan fingerprint density at radius 3 is 2.06 bits per heavy atom. The van der Waals surface area contributed by atoms with Crippen molar-refractivity contribution < 1.29 is 34.2 Å². The number of aromatic nitrogens is 2. The second-order valence-electron chi connectivity index (χ2n) is 7.88. The number of amides is 3. The first-order valence-corrected chi connectivity index (χ1v) is 10.7. The Labute approximate surface area is 200 Å². The molecule has 0 spiro atoms. The van der Waals surface area contributed by atoms with Crippen molar-refractivity contribution in [1.82, 2.24) is 25.9 Å². The number of imidazole rings is 1. The first kappa shape index (κ1) is 27.0. The third-order valence-electron chi connectivity index (χ3n) is 4.93. The molecule has 4 unspecified atom stereocenters. The van der Waals surface area contributed by atoms with E-state index in [9.17, 15) is 29.1 Å². The monoisotopic (exact) mass is 488 g/mol. The summed E-state index contributed by atoms with van der Waals surface area (Å²) in [5, 5.41) is 25.8. The molecule has 0 aliphatic carbocycles. The summed E-state index contributed by atoms with van der Waals surface area (Å²) in [6.45, 7) is 1.36. The lowest BCUT2D eigenvalue weighted by molar-refractivity contribution is -0.143. The third-order valence-corrected chi connectivity index (χ3v) is 4.93. The topological polar surface area (TPSA) is 217 Å². The summed E-state index contributed by atoms with van der Waals surface area (Å²) >= 11 is 0. The predicted molar refractivity (Wildman–Crippen MR) is 122 cm³/mol. The summed E-state index contributed by atoms with van der Waals surface area (Å²) in [4.78, 5) is 67.4. The van der Waals surface area contributed by atoms with E-state index in [1.807, 2.05) is 0 Å². The van der Waals surface area contributed by atoms with Crippen LogP contribution in [0.4, 0.5) is 0 Å². The molecule has 8 N–H and O–H groups in total. The number of aromatic amines is 1. The van der Waals surface area contributed by atoms with Gasteiger partial charge in [-0.15, -0.1) is 0 Å². The van der Waals surface area contributed by atoms with Crippen LogP contribution in [0.2, 0.25) is 0 Å².